The van der Waals surface area contributed by atoms with Gasteiger partial charge in [-0.2, -0.15) is 0 Å². The largest absolute Gasteiger partial charge is 1.00 e. The molecule has 0 unspecified atom stereocenters. The average molecular weight is 376 g/mol. The molecule has 0 spiro atoms. The van der Waals surface area contributed by atoms with E-state index in [1.54, 1.807) is 0 Å². The Hall–Kier alpha value is 3.76. The average Bonchev–Trinajstić information content (AvgIpc) is 2.02. The number of hydrogen-bond acceptors (Lipinski definition) is 3. The molecule has 0 aromatic rings. The molecule has 0 bridgehead atoms. The molecule has 0 aliphatic carbocycles. The smallest absolute Gasteiger partial charge is 0.341 e. The minimum absolute atomic E-state index is 0. The van der Waals surface area contributed by atoms with Gasteiger partial charge in [-0.25, -0.2) is 0 Å². The van der Waals surface area contributed by atoms with Gasteiger partial charge in [-0.1, -0.05) is 34.0 Å². The first-order valence-corrected chi connectivity index (χ1v) is 6.34. The van der Waals surface area contributed by atoms with Crippen molar-refractivity contribution in [3.05, 3.63) is 6.42 Å². The molecule has 6 heteroatoms. The first-order valence-electron chi connectivity index (χ1n) is 4.61. The summed E-state index contributed by atoms with van der Waals surface area (Å²) in [7, 11) is -2.74. The monoisotopic (exact) mass is 375 g/mol. The van der Waals surface area contributed by atoms with Crippen molar-refractivity contribution >= 4 is 7.60 Å². The Labute approximate surface area is 191 Å². The molecule has 1 rings (SSSR count). The van der Waals surface area contributed by atoms with Gasteiger partial charge < -0.3 is 9.05 Å². The summed E-state index contributed by atoms with van der Waals surface area (Å²) in [6.45, 7) is 7.28. The standard InChI is InChI=1S/C9H18O3P.2Rb/c1-9(2,3)5-8-13(10)11-6-4-7-12-13;;/h4H,5-8H2,1-3H3;;/q-1;2*+1. The molecule has 1 heterocycles. The van der Waals surface area contributed by atoms with Crippen molar-refractivity contribution in [2.24, 2.45) is 5.41 Å². The Morgan fingerprint density at radius 1 is 1.20 bits per heavy atom. The third kappa shape index (κ3) is 10.2. The summed E-state index contributed by atoms with van der Waals surface area (Å²) in [5.41, 5.74) is 0.186. The van der Waals surface area contributed by atoms with Crippen LogP contribution >= 0.6 is 7.60 Å². The van der Waals surface area contributed by atoms with Crippen molar-refractivity contribution < 1.29 is 130 Å². The predicted molar refractivity (Wildman–Crippen MR) is 52.7 cm³/mol. The molecule has 1 aliphatic heterocycles. The Bertz CT molecular complexity index is 206. The van der Waals surface area contributed by atoms with E-state index < -0.39 is 7.60 Å². The van der Waals surface area contributed by atoms with Gasteiger partial charge in [0, 0.05) is 0 Å². The van der Waals surface area contributed by atoms with Crippen molar-refractivity contribution in [2.75, 3.05) is 19.4 Å². The van der Waals surface area contributed by atoms with Crippen LogP contribution in [0.1, 0.15) is 27.2 Å². The van der Waals surface area contributed by atoms with Crippen LogP contribution in [0.15, 0.2) is 0 Å². The van der Waals surface area contributed by atoms with E-state index in [-0.39, 0.29) is 122 Å². The molecular formula is C9H18O3PRb2+. The molecule has 0 atom stereocenters. The second-order valence-corrected chi connectivity index (χ2v) is 6.71. The van der Waals surface area contributed by atoms with Crippen LogP contribution in [-0.4, -0.2) is 19.4 Å². The number of rotatable bonds is 2. The molecule has 15 heavy (non-hydrogen) atoms. The Morgan fingerprint density at radius 3 is 2.07 bits per heavy atom. The summed E-state index contributed by atoms with van der Waals surface area (Å²) in [4.78, 5) is 0. The summed E-state index contributed by atoms with van der Waals surface area (Å²) in [6, 6.07) is 0. The van der Waals surface area contributed by atoms with Crippen LogP contribution in [-0.2, 0) is 13.6 Å². The fraction of sp³-hybridized carbons (Fsp3) is 0.889. The molecule has 0 aromatic heterocycles. The summed E-state index contributed by atoms with van der Waals surface area (Å²) in [5.74, 6) is 0. The predicted octanol–water partition coefficient (Wildman–Crippen LogP) is -3.13. The molecule has 0 aromatic carbocycles. The van der Waals surface area contributed by atoms with Gasteiger partial charge in [-0.05, 0) is 11.8 Å². The van der Waals surface area contributed by atoms with E-state index in [2.05, 4.69) is 20.8 Å². The minimum Gasteiger partial charge on any atom is -0.341 e. The molecule has 0 N–H and O–H groups in total. The van der Waals surface area contributed by atoms with Gasteiger partial charge in [0.1, 0.15) is 0 Å². The topological polar surface area (TPSA) is 35.5 Å². The molecule has 0 radical (unpaired) electrons. The second-order valence-electron chi connectivity index (χ2n) is 4.53. The van der Waals surface area contributed by atoms with E-state index in [4.69, 9.17) is 9.05 Å². The van der Waals surface area contributed by atoms with E-state index in [0.717, 1.165) is 6.42 Å². The third-order valence-electron chi connectivity index (χ3n) is 1.91. The van der Waals surface area contributed by atoms with Crippen LogP contribution in [0.25, 0.3) is 0 Å². The van der Waals surface area contributed by atoms with E-state index in [0.29, 0.717) is 19.4 Å². The maximum Gasteiger partial charge on any atom is 1.00 e. The summed E-state index contributed by atoms with van der Waals surface area (Å²) < 4.78 is 22.1. The maximum atomic E-state index is 11.8. The fourth-order valence-electron chi connectivity index (χ4n) is 1.02. The Morgan fingerprint density at radius 2 is 1.67 bits per heavy atom. The van der Waals surface area contributed by atoms with Crippen molar-refractivity contribution in [2.45, 2.75) is 27.2 Å². The molecule has 1 saturated heterocycles. The van der Waals surface area contributed by atoms with Gasteiger partial charge in [0.05, 0.1) is 6.16 Å². The SMILES string of the molecule is CC(C)(C)CCP1(=O)OC[CH-]CO1.[Rb+].[Rb+]. The molecule has 78 valence electrons. The van der Waals surface area contributed by atoms with Gasteiger partial charge in [-0.15, -0.1) is 0 Å². The molecule has 1 aliphatic rings. The first-order chi connectivity index (χ1) is 5.91. The fourth-order valence-corrected chi connectivity index (χ4v) is 2.96. The summed E-state index contributed by atoms with van der Waals surface area (Å²) in [6.07, 6.45) is 3.24. The molecule has 3 nitrogen and oxygen atoms in total. The van der Waals surface area contributed by atoms with E-state index in [9.17, 15) is 4.57 Å². The van der Waals surface area contributed by atoms with Crippen LogP contribution in [0.2, 0.25) is 0 Å². The maximum absolute atomic E-state index is 11.8. The quantitative estimate of drug-likeness (QED) is 0.378. The van der Waals surface area contributed by atoms with Gasteiger partial charge in [0.15, 0.2) is 0 Å². The van der Waals surface area contributed by atoms with Crippen LogP contribution in [0.3, 0.4) is 0 Å². The van der Waals surface area contributed by atoms with E-state index in [1.807, 2.05) is 6.42 Å². The van der Waals surface area contributed by atoms with Gasteiger partial charge in [0.2, 0.25) is 0 Å². The van der Waals surface area contributed by atoms with Crippen molar-refractivity contribution in [1.82, 2.24) is 0 Å². The van der Waals surface area contributed by atoms with Gasteiger partial charge in [0.25, 0.3) is 0 Å². The van der Waals surface area contributed by atoms with Crippen molar-refractivity contribution in [3.8, 4) is 0 Å². The van der Waals surface area contributed by atoms with Crippen LogP contribution in [0.4, 0.5) is 0 Å². The van der Waals surface area contributed by atoms with E-state index in [1.165, 1.54) is 0 Å². The Kier molecular flexibility index (Phi) is 13.5. The molecule has 1 fully saturated rings. The van der Waals surface area contributed by atoms with Gasteiger partial charge >= 0.3 is 124 Å². The zero-order chi connectivity index (χ0) is 9.95. The third-order valence-corrected chi connectivity index (χ3v) is 3.77. The molecule has 0 amide bonds. The molecule has 0 saturated carbocycles. The van der Waals surface area contributed by atoms with Crippen LogP contribution in [0, 0.1) is 11.8 Å². The second kappa shape index (κ2) is 9.63. The van der Waals surface area contributed by atoms with E-state index >= 15 is 0 Å². The molecular weight excluding hydrogens is 358 g/mol. The summed E-state index contributed by atoms with van der Waals surface area (Å²) in [5, 5.41) is 0. The van der Waals surface area contributed by atoms with Crippen LogP contribution < -0.4 is 116 Å². The number of hydrogen-bond donors (Lipinski definition) is 0. The summed E-state index contributed by atoms with van der Waals surface area (Å²) >= 11 is 0. The zero-order valence-corrected chi connectivity index (χ0v) is 21.3. The van der Waals surface area contributed by atoms with Crippen LogP contribution in [0.5, 0.6) is 0 Å². The van der Waals surface area contributed by atoms with Crippen molar-refractivity contribution in [1.29, 1.82) is 0 Å². The van der Waals surface area contributed by atoms with Crippen molar-refractivity contribution in [3.63, 3.8) is 0 Å². The first kappa shape index (κ1) is 21.1. The normalized spacial score (nSPS) is 19.9. The minimum atomic E-state index is -2.74. The van der Waals surface area contributed by atoms with Gasteiger partial charge in [-0.3, -0.25) is 11.0 Å². The zero-order valence-electron chi connectivity index (χ0n) is 10.6. The Balaban J connectivity index is 0.